The van der Waals surface area contributed by atoms with Crippen LogP contribution in [0.1, 0.15) is 0 Å². The van der Waals surface area contributed by atoms with E-state index in [1.165, 1.54) is 11.0 Å². The first-order valence-electron chi connectivity index (χ1n) is 1.75. The van der Waals surface area contributed by atoms with Crippen LogP contribution in [-0.2, 0) is 5.88 Å². The van der Waals surface area contributed by atoms with Crippen LogP contribution in [0.25, 0.3) is 0 Å². The molecule has 0 fully saturated rings. The van der Waals surface area contributed by atoms with Gasteiger partial charge in [0.1, 0.15) is 6.33 Å². The largest absolute Gasteiger partial charge is 0.223 e. The van der Waals surface area contributed by atoms with Gasteiger partial charge in [-0.25, -0.2) is 4.68 Å². The highest BCUT2D eigenvalue weighted by Crippen LogP contribution is 1.78. The van der Waals surface area contributed by atoms with Gasteiger partial charge in [0.15, 0.2) is 0 Å². The van der Waals surface area contributed by atoms with Crippen molar-refractivity contribution >= 4 is 12.6 Å². The molecule has 0 aliphatic rings. The molecule has 1 rings (SSSR count). The van der Waals surface area contributed by atoms with Crippen LogP contribution in [0.4, 0.5) is 0 Å². The first-order valence-corrected chi connectivity index (χ1v) is 2.38. The SMILES string of the molecule is SCn1cnnn1. The molecule has 0 unspecified atom stereocenters. The van der Waals surface area contributed by atoms with Crippen molar-refractivity contribution in [3.05, 3.63) is 6.33 Å². The van der Waals surface area contributed by atoms with Crippen molar-refractivity contribution < 1.29 is 0 Å². The van der Waals surface area contributed by atoms with Gasteiger partial charge in [-0.2, -0.15) is 12.6 Å². The van der Waals surface area contributed by atoms with Crippen molar-refractivity contribution in [1.82, 2.24) is 20.2 Å². The maximum absolute atomic E-state index is 3.90. The van der Waals surface area contributed by atoms with Gasteiger partial charge in [-0.15, -0.1) is 5.10 Å². The quantitative estimate of drug-likeness (QED) is 0.506. The minimum absolute atomic E-state index is 0.535. The molecule has 0 spiro atoms. The van der Waals surface area contributed by atoms with E-state index in [4.69, 9.17) is 0 Å². The summed E-state index contributed by atoms with van der Waals surface area (Å²) >= 11 is 3.90. The zero-order chi connectivity index (χ0) is 5.11. The summed E-state index contributed by atoms with van der Waals surface area (Å²) in [6, 6.07) is 0. The monoisotopic (exact) mass is 116 g/mol. The fraction of sp³-hybridized carbons (Fsp3) is 0.500. The molecular weight excluding hydrogens is 112 g/mol. The van der Waals surface area contributed by atoms with E-state index in [1.54, 1.807) is 0 Å². The first-order chi connectivity index (χ1) is 3.43. The summed E-state index contributed by atoms with van der Waals surface area (Å²) in [5.41, 5.74) is 0. The van der Waals surface area contributed by atoms with Crippen LogP contribution in [0.3, 0.4) is 0 Å². The Hall–Kier alpha value is -0.580. The summed E-state index contributed by atoms with van der Waals surface area (Å²) in [5.74, 6) is 0.535. The molecule has 5 heteroatoms. The van der Waals surface area contributed by atoms with E-state index in [9.17, 15) is 0 Å². The highest BCUT2D eigenvalue weighted by atomic mass is 32.1. The third-order valence-corrected chi connectivity index (χ3v) is 0.826. The first kappa shape index (κ1) is 4.58. The molecule has 38 valence electrons. The van der Waals surface area contributed by atoms with Gasteiger partial charge in [0.25, 0.3) is 0 Å². The number of nitrogens with zero attached hydrogens (tertiary/aromatic N) is 4. The van der Waals surface area contributed by atoms with Crippen molar-refractivity contribution in [2.75, 3.05) is 0 Å². The van der Waals surface area contributed by atoms with Crippen LogP contribution < -0.4 is 0 Å². The van der Waals surface area contributed by atoms with Crippen LogP contribution in [0, 0.1) is 0 Å². The summed E-state index contributed by atoms with van der Waals surface area (Å²) in [7, 11) is 0. The fourth-order valence-electron chi connectivity index (χ4n) is 0.245. The van der Waals surface area contributed by atoms with E-state index in [0.717, 1.165) is 0 Å². The van der Waals surface area contributed by atoms with Gasteiger partial charge in [-0.1, -0.05) is 0 Å². The Kier molecular flexibility index (Phi) is 1.26. The molecule has 0 saturated carbocycles. The molecule has 0 amide bonds. The Morgan fingerprint density at radius 2 is 2.57 bits per heavy atom. The third-order valence-electron chi connectivity index (χ3n) is 0.536. The molecule has 0 radical (unpaired) electrons. The molecule has 7 heavy (non-hydrogen) atoms. The Balaban J connectivity index is 2.76. The fourth-order valence-corrected chi connectivity index (χ4v) is 0.375. The number of hydrogen-bond donors (Lipinski definition) is 1. The van der Waals surface area contributed by atoms with E-state index in [0.29, 0.717) is 5.88 Å². The van der Waals surface area contributed by atoms with E-state index in [1.807, 2.05) is 0 Å². The number of aromatic nitrogens is 4. The lowest BCUT2D eigenvalue weighted by Crippen LogP contribution is -1.91. The number of thiol groups is 1. The van der Waals surface area contributed by atoms with Crippen molar-refractivity contribution in [3.8, 4) is 0 Å². The van der Waals surface area contributed by atoms with Crippen molar-refractivity contribution in [3.63, 3.8) is 0 Å². The molecule has 1 aromatic heterocycles. The second-order valence-corrected chi connectivity index (χ2v) is 1.27. The molecule has 0 N–H and O–H groups in total. The van der Waals surface area contributed by atoms with E-state index < -0.39 is 0 Å². The molecule has 0 saturated heterocycles. The molecule has 1 heterocycles. The molecule has 0 aliphatic heterocycles. The number of tetrazole rings is 1. The van der Waals surface area contributed by atoms with Gasteiger partial charge in [0.05, 0.1) is 5.88 Å². The Morgan fingerprint density at radius 1 is 1.71 bits per heavy atom. The molecule has 0 atom stereocenters. The lowest BCUT2D eigenvalue weighted by molar-refractivity contribution is 0.700. The topological polar surface area (TPSA) is 43.6 Å². The van der Waals surface area contributed by atoms with Gasteiger partial charge in [0, 0.05) is 0 Å². The summed E-state index contributed by atoms with van der Waals surface area (Å²) in [6.07, 6.45) is 1.51. The zero-order valence-corrected chi connectivity index (χ0v) is 4.41. The lowest BCUT2D eigenvalue weighted by Gasteiger charge is -1.82. The summed E-state index contributed by atoms with van der Waals surface area (Å²) in [4.78, 5) is 0. The maximum atomic E-state index is 3.90. The van der Waals surface area contributed by atoms with Gasteiger partial charge in [-0.3, -0.25) is 0 Å². The molecule has 0 aliphatic carbocycles. The molecule has 4 nitrogen and oxygen atoms in total. The Labute approximate surface area is 45.9 Å². The van der Waals surface area contributed by atoms with Crippen LogP contribution in [0.2, 0.25) is 0 Å². The van der Waals surface area contributed by atoms with Gasteiger partial charge in [-0.05, 0) is 10.4 Å². The van der Waals surface area contributed by atoms with E-state index >= 15 is 0 Å². The normalized spacial score (nSPS) is 9.29. The van der Waals surface area contributed by atoms with Crippen molar-refractivity contribution in [1.29, 1.82) is 0 Å². The van der Waals surface area contributed by atoms with Crippen LogP contribution in [-0.4, -0.2) is 20.2 Å². The summed E-state index contributed by atoms with van der Waals surface area (Å²) in [5, 5.41) is 10.3. The molecule has 1 aromatic rings. The third kappa shape index (κ3) is 0.894. The lowest BCUT2D eigenvalue weighted by atomic mass is 11.2. The smallest absolute Gasteiger partial charge is 0.139 e. The second-order valence-electron chi connectivity index (χ2n) is 0.991. The van der Waals surface area contributed by atoms with Crippen molar-refractivity contribution in [2.45, 2.75) is 5.88 Å². The Morgan fingerprint density at radius 3 is 2.86 bits per heavy atom. The Bertz CT molecular complexity index is 124. The minimum Gasteiger partial charge on any atom is -0.223 e. The molecule has 0 aromatic carbocycles. The maximum Gasteiger partial charge on any atom is 0.139 e. The van der Waals surface area contributed by atoms with Gasteiger partial charge in [0.2, 0.25) is 0 Å². The van der Waals surface area contributed by atoms with Crippen molar-refractivity contribution in [2.24, 2.45) is 0 Å². The van der Waals surface area contributed by atoms with Crippen LogP contribution in [0.5, 0.6) is 0 Å². The highest BCUT2D eigenvalue weighted by molar-refractivity contribution is 7.79. The second kappa shape index (κ2) is 1.92. The molecular formula is C2H4N4S. The van der Waals surface area contributed by atoms with Gasteiger partial charge >= 0.3 is 0 Å². The standard InChI is InChI=1S/C2H4N4S/c7-2-6-1-3-4-5-6/h1,7H,2H2. The number of hydrogen-bond acceptors (Lipinski definition) is 4. The van der Waals surface area contributed by atoms with Crippen LogP contribution in [0.15, 0.2) is 6.33 Å². The predicted molar refractivity (Wildman–Crippen MR) is 26.8 cm³/mol. The highest BCUT2D eigenvalue weighted by Gasteiger charge is 1.80. The summed E-state index contributed by atoms with van der Waals surface area (Å²) in [6.45, 7) is 0. The van der Waals surface area contributed by atoms with E-state index in [-0.39, 0.29) is 0 Å². The molecule has 0 bridgehead atoms. The van der Waals surface area contributed by atoms with E-state index in [2.05, 4.69) is 28.2 Å². The zero-order valence-electron chi connectivity index (χ0n) is 3.52. The minimum atomic E-state index is 0.535. The van der Waals surface area contributed by atoms with Crippen LogP contribution >= 0.6 is 12.6 Å². The number of rotatable bonds is 1. The summed E-state index contributed by atoms with van der Waals surface area (Å²) < 4.78 is 1.52. The average molecular weight is 116 g/mol. The average Bonchev–Trinajstić information content (AvgIpc) is 2.14. The van der Waals surface area contributed by atoms with Gasteiger partial charge < -0.3 is 0 Å². The predicted octanol–water partition coefficient (Wildman–Crippen LogP) is -0.440.